The number of piperidine rings is 2. The van der Waals surface area contributed by atoms with Gasteiger partial charge in [0.25, 0.3) is 0 Å². The van der Waals surface area contributed by atoms with E-state index in [1.165, 1.54) is 0 Å². The van der Waals surface area contributed by atoms with Crippen LogP contribution in [0.15, 0.2) is 30.3 Å². The van der Waals surface area contributed by atoms with Gasteiger partial charge in [-0.25, -0.2) is 0 Å². The zero-order valence-corrected chi connectivity index (χ0v) is 19.2. The van der Waals surface area contributed by atoms with E-state index in [1.54, 1.807) is 0 Å². The first kappa shape index (κ1) is 21.9. The molecule has 5 heterocycles. The van der Waals surface area contributed by atoms with Crippen LogP contribution in [0.5, 0.6) is 0 Å². The molecule has 4 fully saturated rings. The van der Waals surface area contributed by atoms with Crippen molar-refractivity contribution in [3.8, 4) is 17.8 Å². The summed E-state index contributed by atoms with van der Waals surface area (Å²) in [6.45, 7) is 2.49. The first-order valence-corrected chi connectivity index (χ1v) is 12.1. The summed E-state index contributed by atoms with van der Waals surface area (Å²) in [6, 6.07) is 14.9. The zero-order valence-electron chi connectivity index (χ0n) is 19.2. The van der Waals surface area contributed by atoms with Crippen molar-refractivity contribution in [3.05, 3.63) is 52.8 Å². The van der Waals surface area contributed by atoms with Crippen molar-refractivity contribution in [2.45, 2.75) is 82.6 Å². The zero-order chi connectivity index (χ0) is 22.9. The van der Waals surface area contributed by atoms with E-state index in [2.05, 4.69) is 27.7 Å². The lowest BCUT2D eigenvalue weighted by Crippen LogP contribution is -2.63. The van der Waals surface area contributed by atoms with E-state index in [4.69, 9.17) is 15.3 Å². The molecule has 4 bridgehead atoms. The van der Waals surface area contributed by atoms with Crippen LogP contribution in [-0.2, 0) is 11.2 Å². The van der Waals surface area contributed by atoms with E-state index in [0.717, 1.165) is 67.6 Å². The van der Waals surface area contributed by atoms with Crippen LogP contribution >= 0.6 is 0 Å². The maximum Gasteiger partial charge on any atom is 0.178 e. The van der Waals surface area contributed by atoms with Crippen LogP contribution in [0, 0.1) is 29.6 Å². The van der Waals surface area contributed by atoms with Crippen LogP contribution in [0.2, 0.25) is 0 Å². The highest BCUT2D eigenvalue weighted by molar-refractivity contribution is 5.99. The summed E-state index contributed by atoms with van der Waals surface area (Å²) in [7, 11) is 0. The number of nitriles is 2. The number of hydrogen-bond donors (Lipinski definition) is 0. The molecule has 4 saturated heterocycles. The van der Waals surface area contributed by atoms with Crippen LogP contribution in [-0.4, -0.2) is 46.1 Å². The Hall–Kier alpha value is -2.93. The molecule has 0 radical (unpaired) electrons. The topological polar surface area (TPSA) is 82.0 Å². The Morgan fingerprint density at radius 2 is 1.73 bits per heavy atom. The van der Waals surface area contributed by atoms with Crippen LogP contribution in [0.3, 0.4) is 0 Å². The normalized spacial score (nSPS) is 25.7. The first-order valence-electron chi connectivity index (χ1n) is 12.1. The van der Waals surface area contributed by atoms with Crippen LogP contribution < -0.4 is 0 Å². The molecule has 170 valence electrons. The molecule has 0 spiro atoms. The monoisotopic (exact) mass is 442 g/mol. The molecule has 2 aromatic rings. The number of aryl methyl sites for hydroxylation is 1. The number of unbranched alkanes of at least 4 members (excludes halogenated alkanes) is 2. The molecule has 6 rings (SSSR count). The number of ether oxygens (including phenoxy) is 1. The van der Waals surface area contributed by atoms with E-state index in [9.17, 15) is 4.79 Å². The van der Waals surface area contributed by atoms with E-state index >= 15 is 0 Å². The molecule has 6 heteroatoms. The molecule has 0 N–H and O–H groups in total. The molecule has 0 aliphatic carbocycles. The summed E-state index contributed by atoms with van der Waals surface area (Å²) < 4.78 is 8.22. The van der Waals surface area contributed by atoms with E-state index in [0.29, 0.717) is 42.8 Å². The number of ketones is 1. The third-order valence-corrected chi connectivity index (χ3v) is 7.64. The van der Waals surface area contributed by atoms with Gasteiger partial charge in [0.15, 0.2) is 5.78 Å². The summed E-state index contributed by atoms with van der Waals surface area (Å²) in [4.78, 5) is 16.0. The summed E-state index contributed by atoms with van der Waals surface area (Å²) in [5, 5.41) is 18.0. The Morgan fingerprint density at radius 3 is 2.33 bits per heavy atom. The molecule has 1 aromatic carbocycles. The number of Topliss-reactive ketones (excluding diaryl/α,β-unsaturated/α-hetero) is 1. The molecular weight excluding hydrogens is 412 g/mol. The quantitative estimate of drug-likeness (QED) is 0.445. The van der Waals surface area contributed by atoms with Crippen molar-refractivity contribution < 1.29 is 9.53 Å². The second-order valence-electron chi connectivity index (χ2n) is 9.72. The van der Waals surface area contributed by atoms with Gasteiger partial charge in [0, 0.05) is 41.1 Å². The minimum absolute atomic E-state index is 0.187. The van der Waals surface area contributed by atoms with Crippen LogP contribution in [0.4, 0.5) is 0 Å². The summed E-state index contributed by atoms with van der Waals surface area (Å²) in [5.74, 6) is 0.187. The third-order valence-electron chi connectivity index (χ3n) is 7.64. The average Bonchev–Trinajstić information content (AvgIpc) is 3.14. The Balaban J connectivity index is 1.40. The standard InChI is InChI=1S/C27H30N4O2/c1-18-26(27(32)17-30-22-11-24-13-23(30)14-25(12-22)33-24)15-21(5-3-2-4-10-28)31(18)20-8-6-19(16-29)7-9-20/h6-9,15,22-25H,2-5,11-14,17H2,1H3. The van der Waals surface area contributed by atoms with Gasteiger partial charge in [-0.15, -0.1) is 0 Å². The lowest BCUT2D eigenvalue weighted by atomic mass is 9.78. The minimum Gasteiger partial charge on any atom is -0.375 e. The molecule has 0 amide bonds. The maximum absolute atomic E-state index is 13.6. The summed E-state index contributed by atoms with van der Waals surface area (Å²) >= 11 is 0. The van der Waals surface area contributed by atoms with Crippen molar-refractivity contribution >= 4 is 5.78 Å². The molecule has 4 aliphatic rings. The lowest BCUT2D eigenvalue weighted by Gasteiger charge is -2.56. The first-order chi connectivity index (χ1) is 16.1. The fourth-order valence-electron chi connectivity index (χ4n) is 6.13. The molecular formula is C27H30N4O2. The van der Waals surface area contributed by atoms with Gasteiger partial charge in [-0.05, 0) is 82.2 Å². The van der Waals surface area contributed by atoms with Crippen molar-refractivity contribution in [3.63, 3.8) is 0 Å². The summed E-state index contributed by atoms with van der Waals surface area (Å²) in [5.41, 5.74) is 4.42. The van der Waals surface area contributed by atoms with E-state index in [-0.39, 0.29) is 5.78 Å². The van der Waals surface area contributed by atoms with Gasteiger partial charge in [-0.1, -0.05) is 0 Å². The van der Waals surface area contributed by atoms with Crippen molar-refractivity contribution in [2.75, 3.05) is 6.54 Å². The Labute approximate surface area is 195 Å². The minimum atomic E-state index is 0.187. The number of nitrogens with zero attached hydrogens (tertiary/aromatic N) is 4. The van der Waals surface area contributed by atoms with Gasteiger partial charge in [0.1, 0.15) is 0 Å². The van der Waals surface area contributed by atoms with E-state index in [1.807, 2.05) is 31.2 Å². The predicted molar refractivity (Wildman–Crippen MR) is 124 cm³/mol. The highest BCUT2D eigenvalue weighted by Gasteiger charge is 2.48. The maximum atomic E-state index is 13.6. The average molecular weight is 443 g/mol. The van der Waals surface area contributed by atoms with Crippen molar-refractivity contribution in [1.82, 2.24) is 9.47 Å². The fourth-order valence-corrected chi connectivity index (χ4v) is 6.13. The molecule has 0 unspecified atom stereocenters. The largest absolute Gasteiger partial charge is 0.375 e. The number of hydrogen-bond acceptors (Lipinski definition) is 5. The fraction of sp³-hybridized carbons (Fsp3) is 0.519. The second-order valence-corrected chi connectivity index (χ2v) is 9.72. The highest BCUT2D eigenvalue weighted by Crippen LogP contribution is 2.42. The van der Waals surface area contributed by atoms with Crippen molar-refractivity contribution in [1.29, 1.82) is 10.5 Å². The van der Waals surface area contributed by atoms with Crippen molar-refractivity contribution in [2.24, 2.45) is 0 Å². The molecule has 6 nitrogen and oxygen atoms in total. The molecule has 1 aromatic heterocycles. The van der Waals surface area contributed by atoms with Gasteiger partial charge in [0.05, 0.1) is 36.5 Å². The smallest absolute Gasteiger partial charge is 0.178 e. The number of aromatic nitrogens is 1. The van der Waals surface area contributed by atoms with Crippen LogP contribution in [0.1, 0.15) is 72.3 Å². The molecule has 4 aliphatic heterocycles. The number of benzene rings is 1. The van der Waals surface area contributed by atoms with Gasteiger partial charge in [0.2, 0.25) is 0 Å². The lowest BCUT2D eigenvalue weighted by molar-refractivity contribution is -0.179. The Kier molecular flexibility index (Phi) is 6.06. The Morgan fingerprint density at radius 1 is 1.06 bits per heavy atom. The second kappa shape index (κ2) is 9.14. The van der Waals surface area contributed by atoms with Gasteiger partial charge in [-0.3, -0.25) is 9.69 Å². The Bertz CT molecular complexity index is 1090. The number of rotatable bonds is 8. The van der Waals surface area contributed by atoms with Gasteiger partial charge < -0.3 is 9.30 Å². The number of carbonyl (C=O) groups is 1. The van der Waals surface area contributed by atoms with Crippen LogP contribution in [0.25, 0.3) is 5.69 Å². The van der Waals surface area contributed by atoms with E-state index < -0.39 is 0 Å². The SMILES string of the molecule is Cc1c(C(=O)CN2C3CC4CC2CC(C3)O4)cc(CCCCC#N)n1-c1ccc(C#N)cc1. The molecule has 33 heavy (non-hydrogen) atoms. The molecule has 0 saturated carbocycles. The number of carbonyl (C=O) groups excluding carboxylic acids is 1. The summed E-state index contributed by atoms with van der Waals surface area (Å²) in [6.07, 6.45) is 8.09. The highest BCUT2D eigenvalue weighted by atomic mass is 16.5. The predicted octanol–water partition coefficient (Wildman–Crippen LogP) is 4.47. The van der Waals surface area contributed by atoms with Gasteiger partial charge >= 0.3 is 0 Å². The molecule has 0 atom stereocenters. The van der Waals surface area contributed by atoms with Gasteiger partial charge in [-0.2, -0.15) is 10.5 Å². The third kappa shape index (κ3) is 4.22.